The van der Waals surface area contributed by atoms with Gasteiger partial charge in [-0.05, 0) is 24.6 Å². The molecule has 1 aromatic rings. The van der Waals surface area contributed by atoms with Crippen LogP contribution in [0, 0.1) is 5.82 Å². The predicted octanol–water partition coefficient (Wildman–Crippen LogP) is 4.20. The number of ketones is 2. The highest BCUT2D eigenvalue weighted by Gasteiger charge is 2.13. The first-order valence-electron chi connectivity index (χ1n) is 6.04. The number of carbonyl (C=O) groups excluding carboxylic acids is 2. The van der Waals surface area contributed by atoms with Gasteiger partial charge < -0.3 is 0 Å². The number of carbonyl (C=O) groups is 2. The Morgan fingerprint density at radius 1 is 1.28 bits per heavy atom. The molecule has 0 atom stereocenters. The summed E-state index contributed by atoms with van der Waals surface area (Å²) in [6.45, 7) is 2.05. The van der Waals surface area contributed by atoms with Crippen LogP contribution in [0.1, 0.15) is 49.4 Å². The van der Waals surface area contributed by atoms with Crippen molar-refractivity contribution in [1.82, 2.24) is 0 Å². The molecule has 0 heterocycles. The van der Waals surface area contributed by atoms with Crippen molar-refractivity contribution < 1.29 is 14.0 Å². The highest BCUT2D eigenvalue weighted by molar-refractivity contribution is 6.31. The minimum atomic E-state index is -0.567. The molecular formula is C14H16ClFO2. The van der Waals surface area contributed by atoms with Crippen LogP contribution >= 0.6 is 11.6 Å². The standard InChI is InChI=1S/C14H16ClFO2/c1-2-3-4-5-11(17)9-14(18)10-6-7-13(16)12(15)8-10/h6-8H,2-5,9H2,1H3. The largest absolute Gasteiger partial charge is 0.299 e. The smallest absolute Gasteiger partial charge is 0.170 e. The molecule has 4 heteroatoms. The number of hydrogen-bond donors (Lipinski definition) is 0. The molecule has 1 rings (SSSR count). The summed E-state index contributed by atoms with van der Waals surface area (Å²) in [7, 11) is 0. The molecule has 0 saturated carbocycles. The first kappa shape index (κ1) is 14.8. The van der Waals surface area contributed by atoms with Gasteiger partial charge in [-0.25, -0.2) is 4.39 Å². The van der Waals surface area contributed by atoms with E-state index in [2.05, 4.69) is 6.92 Å². The first-order valence-corrected chi connectivity index (χ1v) is 6.42. The predicted molar refractivity (Wildman–Crippen MR) is 69.5 cm³/mol. The van der Waals surface area contributed by atoms with E-state index in [0.717, 1.165) is 25.3 Å². The highest BCUT2D eigenvalue weighted by atomic mass is 35.5. The van der Waals surface area contributed by atoms with Gasteiger partial charge in [-0.15, -0.1) is 0 Å². The van der Waals surface area contributed by atoms with E-state index in [4.69, 9.17) is 11.6 Å². The molecule has 0 spiro atoms. The first-order chi connectivity index (χ1) is 8.54. The third-order valence-electron chi connectivity index (χ3n) is 2.66. The summed E-state index contributed by atoms with van der Waals surface area (Å²) in [6.07, 6.45) is 3.13. The summed E-state index contributed by atoms with van der Waals surface area (Å²) >= 11 is 5.58. The summed E-state index contributed by atoms with van der Waals surface area (Å²) in [4.78, 5) is 23.3. The van der Waals surface area contributed by atoms with Crippen LogP contribution < -0.4 is 0 Å². The zero-order valence-electron chi connectivity index (χ0n) is 10.3. The molecular weight excluding hydrogens is 255 g/mol. The summed E-state index contributed by atoms with van der Waals surface area (Å²) < 4.78 is 12.9. The van der Waals surface area contributed by atoms with Crippen molar-refractivity contribution in [2.24, 2.45) is 0 Å². The zero-order chi connectivity index (χ0) is 13.5. The third-order valence-corrected chi connectivity index (χ3v) is 2.95. The van der Waals surface area contributed by atoms with E-state index in [1.165, 1.54) is 12.1 Å². The second kappa shape index (κ2) is 7.27. The van der Waals surface area contributed by atoms with Crippen LogP contribution in [-0.4, -0.2) is 11.6 Å². The van der Waals surface area contributed by atoms with Crippen LogP contribution in [-0.2, 0) is 4.79 Å². The van der Waals surface area contributed by atoms with E-state index in [1.807, 2.05) is 0 Å². The minimum absolute atomic E-state index is 0.0751. The Morgan fingerprint density at radius 3 is 2.61 bits per heavy atom. The molecule has 0 amide bonds. The SMILES string of the molecule is CCCCCC(=O)CC(=O)c1ccc(F)c(Cl)c1. The summed E-state index contributed by atoms with van der Waals surface area (Å²) in [5, 5.41) is -0.0979. The molecule has 2 nitrogen and oxygen atoms in total. The molecule has 0 fully saturated rings. The summed E-state index contributed by atoms with van der Waals surface area (Å²) in [6, 6.07) is 3.75. The van der Waals surface area contributed by atoms with Crippen LogP contribution in [0.4, 0.5) is 4.39 Å². The van der Waals surface area contributed by atoms with E-state index in [0.29, 0.717) is 6.42 Å². The lowest BCUT2D eigenvalue weighted by atomic mass is 10.0. The topological polar surface area (TPSA) is 34.1 Å². The summed E-state index contributed by atoms with van der Waals surface area (Å²) in [5.74, 6) is -0.949. The second-order valence-electron chi connectivity index (χ2n) is 4.22. The Balaban J connectivity index is 2.54. The second-order valence-corrected chi connectivity index (χ2v) is 4.63. The maximum Gasteiger partial charge on any atom is 0.170 e. The average molecular weight is 271 g/mol. The normalized spacial score (nSPS) is 10.4. The van der Waals surface area contributed by atoms with Crippen molar-refractivity contribution in [2.75, 3.05) is 0 Å². The lowest BCUT2D eigenvalue weighted by Crippen LogP contribution is -2.08. The lowest BCUT2D eigenvalue weighted by Gasteiger charge is -2.02. The Labute approximate surface area is 111 Å². The van der Waals surface area contributed by atoms with Crippen LogP contribution in [0.25, 0.3) is 0 Å². The van der Waals surface area contributed by atoms with Crippen LogP contribution in [0.2, 0.25) is 5.02 Å². The van der Waals surface area contributed by atoms with Gasteiger partial charge in [-0.3, -0.25) is 9.59 Å². The van der Waals surface area contributed by atoms with E-state index in [1.54, 1.807) is 0 Å². The molecule has 0 N–H and O–H groups in total. The highest BCUT2D eigenvalue weighted by Crippen LogP contribution is 2.17. The molecule has 0 aliphatic heterocycles. The molecule has 0 saturated heterocycles. The molecule has 98 valence electrons. The van der Waals surface area contributed by atoms with Gasteiger partial charge in [0.25, 0.3) is 0 Å². The van der Waals surface area contributed by atoms with Gasteiger partial charge in [0.1, 0.15) is 11.6 Å². The number of unbranched alkanes of at least 4 members (excludes halogenated alkanes) is 2. The molecule has 0 bridgehead atoms. The van der Waals surface area contributed by atoms with Gasteiger partial charge in [0.15, 0.2) is 5.78 Å². The van der Waals surface area contributed by atoms with Gasteiger partial charge in [0.2, 0.25) is 0 Å². The fourth-order valence-electron chi connectivity index (χ4n) is 1.61. The summed E-state index contributed by atoms with van der Waals surface area (Å²) in [5.41, 5.74) is 0.283. The molecule has 0 aromatic heterocycles. The van der Waals surface area contributed by atoms with Gasteiger partial charge in [0.05, 0.1) is 11.4 Å². The fourth-order valence-corrected chi connectivity index (χ4v) is 1.79. The number of rotatable bonds is 7. The van der Waals surface area contributed by atoms with Crippen molar-refractivity contribution in [2.45, 2.75) is 39.0 Å². The number of halogens is 2. The van der Waals surface area contributed by atoms with Gasteiger partial charge in [-0.1, -0.05) is 31.4 Å². The van der Waals surface area contributed by atoms with E-state index in [9.17, 15) is 14.0 Å². The van der Waals surface area contributed by atoms with Crippen molar-refractivity contribution >= 4 is 23.2 Å². The van der Waals surface area contributed by atoms with E-state index < -0.39 is 5.82 Å². The van der Waals surface area contributed by atoms with E-state index in [-0.39, 0.29) is 28.6 Å². The van der Waals surface area contributed by atoms with Crippen LogP contribution in [0.15, 0.2) is 18.2 Å². The molecule has 0 aliphatic carbocycles. The quantitative estimate of drug-likeness (QED) is 0.423. The van der Waals surface area contributed by atoms with E-state index >= 15 is 0 Å². The van der Waals surface area contributed by atoms with Gasteiger partial charge >= 0.3 is 0 Å². The number of Topliss-reactive ketones (excluding diaryl/α,β-unsaturated/α-hetero) is 2. The van der Waals surface area contributed by atoms with Crippen LogP contribution in [0.5, 0.6) is 0 Å². The minimum Gasteiger partial charge on any atom is -0.299 e. The number of benzene rings is 1. The maximum atomic E-state index is 12.9. The molecule has 0 aliphatic rings. The van der Waals surface area contributed by atoms with Crippen LogP contribution in [0.3, 0.4) is 0 Å². The Kier molecular flexibility index (Phi) is 5.99. The molecule has 0 unspecified atom stereocenters. The monoisotopic (exact) mass is 270 g/mol. The molecule has 0 radical (unpaired) electrons. The lowest BCUT2D eigenvalue weighted by molar-refractivity contribution is -0.118. The average Bonchev–Trinajstić information content (AvgIpc) is 2.33. The van der Waals surface area contributed by atoms with Gasteiger partial charge in [0, 0.05) is 12.0 Å². The Bertz CT molecular complexity index is 443. The maximum absolute atomic E-state index is 12.9. The third kappa shape index (κ3) is 4.57. The van der Waals surface area contributed by atoms with Crippen molar-refractivity contribution in [3.8, 4) is 0 Å². The zero-order valence-corrected chi connectivity index (χ0v) is 11.1. The van der Waals surface area contributed by atoms with Crippen molar-refractivity contribution in [3.63, 3.8) is 0 Å². The van der Waals surface area contributed by atoms with Gasteiger partial charge in [-0.2, -0.15) is 0 Å². The Morgan fingerprint density at radius 2 is 2.00 bits per heavy atom. The fraction of sp³-hybridized carbons (Fsp3) is 0.429. The van der Waals surface area contributed by atoms with Crippen molar-refractivity contribution in [1.29, 1.82) is 0 Å². The number of hydrogen-bond acceptors (Lipinski definition) is 2. The van der Waals surface area contributed by atoms with Crippen molar-refractivity contribution in [3.05, 3.63) is 34.6 Å². The molecule has 1 aromatic carbocycles. The molecule has 18 heavy (non-hydrogen) atoms. The Hall–Kier alpha value is -1.22.